The molecule has 30 heavy (non-hydrogen) atoms. The van der Waals surface area contributed by atoms with Crippen LogP contribution in [0.25, 0.3) is 44.4 Å². The topological polar surface area (TPSA) is 25.8 Å². The zero-order valence-corrected chi connectivity index (χ0v) is 17.1. The second-order valence-electron chi connectivity index (χ2n) is 7.79. The molecule has 0 amide bonds. The molecule has 1 heterocycles. The maximum Gasteiger partial charge on any atom is 0.0936 e. The van der Waals surface area contributed by atoms with Gasteiger partial charge in [0, 0.05) is 10.9 Å². The van der Waals surface area contributed by atoms with Crippen LogP contribution in [0.4, 0.5) is 0 Å². The number of aromatic nitrogens is 2. The summed E-state index contributed by atoms with van der Waals surface area (Å²) in [5, 5.41) is 9.88. The monoisotopic (exact) mass is 386 g/mol. The van der Waals surface area contributed by atoms with Gasteiger partial charge in [0.2, 0.25) is 0 Å². The van der Waals surface area contributed by atoms with E-state index < -0.39 is 0 Å². The number of hydrogen-bond donors (Lipinski definition) is 0. The standard InChI is InChI=1S/C28H22N2/c1-19-15-20(2)17-24(16-19)26-9-5-4-8-25(26)21-11-13-22(14-12-21)28-18-23-7-3-6-10-27(23)29-30-28/h3-18H,1-2H3. The van der Waals surface area contributed by atoms with Gasteiger partial charge in [0.25, 0.3) is 0 Å². The lowest BCUT2D eigenvalue weighted by molar-refractivity contribution is 1.08. The summed E-state index contributed by atoms with van der Waals surface area (Å²) in [5.74, 6) is 0. The molecule has 0 aliphatic rings. The van der Waals surface area contributed by atoms with Crippen molar-refractivity contribution < 1.29 is 0 Å². The van der Waals surface area contributed by atoms with Crippen molar-refractivity contribution in [3.8, 4) is 33.5 Å². The second kappa shape index (κ2) is 7.57. The van der Waals surface area contributed by atoms with Gasteiger partial charge in [-0.1, -0.05) is 96.1 Å². The van der Waals surface area contributed by atoms with E-state index in [0.29, 0.717) is 0 Å². The van der Waals surface area contributed by atoms with Crippen molar-refractivity contribution in [2.24, 2.45) is 0 Å². The van der Waals surface area contributed by atoms with Gasteiger partial charge >= 0.3 is 0 Å². The van der Waals surface area contributed by atoms with Gasteiger partial charge in [0.1, 0.15) is 0 Å². The molecule has 2 nitrogen and oxygen atoms in total. The molecule has 0 bridgehead atoms. The molecule has 0 unspecified atom stereocenters. The highest BCUT2D eigenvalue weighted by Gasteiger charge is 2.09. The fourth-order valence-electron chi connectivity index (χ4n) is 4.06. The summed E-state index contributed by atoms with van der Waals surface area (Å²) in [6.45, 7) is 4.30. The fourth-order valence-corrected chi connectivity index (χ4v) is 4.06. The summed E-state index contributed by atoms with van der Waals surface area (Å²) in [6.07, 6.45) is 0. The van der Waals surface area contributed by atoms with Crippen LogP contribution in [0.1, 0.15) is 11.1 Å². The first-order valence-corrected chi connectivity index (χ1v) is 10.2. The van der Waals surface area contributed by atoms with Crippen molar-refractivity contribution in [1.82, 2.24) is 10.2 Å². The molecular formula is C28H22N2. The Labute approximate surface area is 176 Å². The van der Waals surface area contributed by atoms with Gasteiger partial charge in [0.15, 0.2) is 0 Å². The maximum absolute atomic E-state index is 4.41. The van der Waals surface area contributed by atoms with Crippen LogP contribution in [0.15, 0.2) is 97.1 Å². The SMILES string of the molecule is Cc1cc(C)cc(-c2ccccc2-c2ccc(-c3cc4ccccc4nn3)cc2)c1. The van der Waals surface area contributed by atoms with Gasteiger partial charge in [0.05, 0.1) is 11.2 Å². The molecule has 0 spiro atoms. The van der Waals surface area contributed by atoms with E-state index in [4.69, 9.17) is 0 Å². The van der Waals surface area contributed by atoms with E-state index in [1.807, 2.05) is 18.2 Å². The van der Waals surface area contributed by atoms with Crippen LogP contribution < -0.4 is 0 Å². The molecule has 5 aromatic rings. The predicted octanol–water partition coefficient (Wildman–Crippen LogP) is 7.25. The Bertz CT molecular complexity index is 1330. The third-order valence-corrected chi connectivity index (χ3v) is 5.45. The Morgan fingerprint density at radius 1 is 0.500 bits per heavy atom. The Balaban J connectivity index is 1.54. The average Bonchev–Trinajstić information content (AvgIpc) is 2.78. The predicted molar refractivity (Wildman–Crippen MR) is 125 cm³/mol. The molecule has 144 valence electrons. The third kappa shape index (κ3) is 3.48. The number of hydrogen-bond acceptors (Lipinski definition) is 2. The highest BCUT2D eigenvalue weighted by atomic mass is 15.1. The Morgan fingerprint density at radius 3 is 1.83 bits per heavy atom. The van der Waals surface area contributed by atoms with Crippen molar-refractivity contribution in [2.75, 3.05) is 0 Å². The van der Waals surface area contributed by atoms with E-state index in [1.165, 1.54) is 33.4 Å². The van der Waals surface area contributed by atoms with E-state index in [1.54, 1.807) is 0 Å². The summed E-state index contributed by atoms with van der Waals surface area (Å²) < 4.78 is 0. The van der Waals surface area contributed by atoms with Crippen LogP contribution in [0.5, 0.6) is 0 Å². The lowest BCUT2D eigenvalue weighted by atomic mass is 9.92. The summed E-state index contributed by atoms with van der Waals surface area (Å²) in [4.78, 5) is 0. The average molecular weight is 386 g/mol. The second-order valence-corrected chi connectivity index (χ2v) is 7.79. The molecule has 5 rings (SSSR count). The first kappa shape index (κ1) is 18.3. The Hall–Kier alpha value is -3.78. The van der Waals surface area contributed by atoms with Crippen molar-refractivity contribution in [3.05, 3.63) is 108 Å². The normalized spacial score (nSPS) is 11.0. The van der Waals surface area contributed by atoms with Crippen LogP contribution in [0.3, 0.4) is 0 Å². The van der Waals surface area contributed by atoms with E-state index >= 15 is 0 Å². The molecule has 0 N–H and O–H groups in total. The van der Waals surface area contributed by atoms with E-state index in [9.17, 15) is 0 Å². The fraction of sp³-hybridized carbons (Fsp3) is 0.0714. The Kier molecular flexibility index (Phi) is 4.61. The first-order chi connectivity index (χ1) is 14.7. The van der Waals surface area contributed by atoms with Crippen LogP contribution >= 0.6 is 0 Å². The molecule has 0 saturated heterocycles. The lowest BCUT2D eigenvalue weighted by Gasteiger charge is -2.12. The minimum atomic E-state index is 0.892. The van der Waals surface area contributed by atoms with Crippen molar-refractivity contribution in [2.45, 2.75) is 13.8 Å². The van der Waals surface area contributed by atoms with Crippen molar-refractivity contribution in [3.63, 3.8) is 0 Å². The summed E-state index contributed by atoms with van der Waals surface area (Å²) in [5.41, 5.74) is 10.4. The highest BCUT2D eigenvalue weighted by Crippen LogP contribution is 2.34. The number of fused-ring (bicyclic) bond motifs is 1. The molecule has 4 aromatic carbocycles. The van der Waals surface area contributed by atoms with Crippen LogP contribution in [0.2, 0.25) is 0 Å². The molecule has 0 aliphatic heterocycles. The van der Waals surface area contributed by atoms with E-state index in [0.717, 1.165) is 22.2 Å². The first-order valence-electron chi connectivity index (χ1n) is 10.2. The summed E-state index contributed by atoms with van der Waals surface area (Å²) in [7, 11) is 0. The number of aryl methyl sites for hydroxylation is 2. The van der Waals surface area contributed by atoms with Crippen LogP contribution in [-0.2, 0) is 0 Å². The van der Waals surface area contributed by atoms with Gasteiger partial charge in [-0.2, -0.15) is 0 Å². The molecule has 0 atom stereocenters. The Morgan fingerprint density at radius 2 is 1.10 bits per heavy atom. The van der Waals surface area contributed by atoms with Gasteiger partial charge in [-0.15, -0.1) is 10.2 Å². The number of benzene rings is 4. The molecule has 0 aliphatic carbocycles. The molecule has 0 fully saturated rings. The van der Waals surface area contributed by atoms with Crippen LogP contribution in [0, 0.1) is 13.8 Å². The third-order valence-electron chi connectivity index (χ3n) is 5.45. The molecule has 0 saturated carbocycles. The molecule has 0 radical (unpaired) electrons. The molecular weight excluding hydrogens is 364 g/mol. The quantitative estimate of drug-likeness (QED) is 0.326. The largest absolute Gasteiger partial charge is 0.150 e. The minimum Gasteiger partial charge on any atom is -0.150 e. The molecule has 2 heteroatoms. The van der Waals surface area contributed by atoms with Gasteiger partial charge in [-0.25, -0.2) is 0 Å². The highest BCUT2D eigenvalue weighted by molar-refractivity contribution is 5.85. The van der Waals surface area contributed by atoms with Gasteiger partial charge < -0.3 is 0 Å². The van der Waals surface area contributed by atoms with Crippen molar-refractivity contribution >= 4 is 10.9 Å². The van der Waals surface area contributed by atoms with Crippen LogP contribution in [-0.4, -0.2) is 10.2 Å². The summed E-state index contributed by atoms with van der Waals surface area (Å²) in [6, 6.07) is 34.1. The zero-order chi connectivity index (χ0) is 20.5. The minimum absolute atomic E-state index is 0.892. The molecule has 1 aromatic heterocycles. The van der Waals surface area contributed by atoms with E-state index in [2.05, 4.69) is 103 Å². The summed E-state index contributed by atoms with van der Waals surface area (Å²) >= 11 is 0. The van der Waals surface area contributed by atoms with E-state index in [-0.39, 0.29) is 0 Å². The van der Waals surface area contributed by atoms with Gasteiger partial charge in [-0.05, 0) is 48.2 Å². The number of nitrogens with zero attached hydrogens (tertiary/aromatic N) is 2. The smallest absolute Gasteiger partial charge is 0.0936 e. The zero-order valence-electron chi connectivity index (χ0n) is 17.1. The van der Waals surface area contributed by atoms with Crippen molar-refractivity contribution in [1.29, 1.82) is 0 Å². The lowest BCUT2D eigenvalue weighted by Crippen LogP contribution is -1.90. The number of rotatable bonds is 3. The maximum atomic E-state index is 4.41. The van der Waals surface area contributed by atoms with Gasteiger partial charge in [-0.3, -0.25) is 0 Å².